The van der Waals surface area contributed by atoms with Crippen LogP contribution in [0.4, 0.5) is 4.32 Å². The van der Waals surface area contributed by atoms with E-state index in [0.29, 0.717) is 8.12 Å². The van der Waals surface area contributed by atoms with Crippen LogP contribution in [-0.4, -0.2) is 8.12 Å². The molecule has 0 saturated heterocycles. The van der Waals surface area contributed by atoms with E-state index in [9.17, 15) is 4.32 Å². The van der Waals surface area contributed by atoms with E-state index in [1.54, 1.807) is 0 Å². The second-order valence-corrected chi connectivity index (χ2v) is 0. The molecule has 0 spiro atoms. The maximum atomic E-state index is 9.50. The molecule has 0 aromatic heterocycles. The third-order valence-electron chi connectivity index (χ3n) is 0. The molecular formula is H2BClFK. The molecule has 0 rings (SSSR count). The largest absolute Gasteiger partial charge is 1.00 e. The van der Waals surface area contributed by atoms with E-state index in [-0.39, 0.29) is 63.8 Å². The van der Waals surface area contributed by atoms with Crippen molar-refractivity contribution in [1.82, 2.24) is 0 Å². The molecule has 0 amide bonds. The van der Waals surface area contributed by atoms with Crippen molar-refractivity contribution < 1.29 is 68.1 Å². The minimum Gasteiger partial charge on any atom is -1.00 e. The molecular weight excluding hydrogens is 104 g/mol. The molecule has 0 fully saturated rings. The standard InChI is InChI=1S/BFH2.ClH.K/c1-2;;/h1H2;1H;/q;;+1/p-1. The number of hydrogen-bond acceptors (Lipinski definition) is 0. The summed E-state index contributed by atoms with van der Waals surface area (Å²) in [5, 5.41) is 0. The zero-order valence-corrected chi connectivity index (χ0v) is 6.63. The topological polar surface area (TPSA) is 0 Å². The molecule has 0 aliphatic heterocycles. The zero-order chi connectivity index (χ0) is 2.00. The molecule has 0 aliphatic carbocycles. The van der Waals surface area contributed by atoms with Crippen LogP contribution in [0.5, 0.6) is 0 Å². The molecule has 0 saturated carbocycles. The van der Waals surface area contributed by atoms with Crippen LogP contribution in [-0.2, 0) is 0 Å². The summed E-state index contributed by atoms with van der Waals surface area (Å²) in [6.07, 6.45) is 0. The normalized spacial score (nSPS) is 1.25. The van der Waals surface area contributed by atoms with Gasteiger partial charge in [0.1, 0.15) is 0 Å². The van der Waals surface area contributed by atoms with Crippen molar-refractivity contribution in [1.29, 1.82) is 0 Å². The summed E-state index contributed by atoms with van der Waals surface area (Å²) in [4.78, 5) is 0. The Labute approximate surface area is 74.8 Å². The second kappa shape index (κ2) is 20.5. The second-order valence-electron chi connectivity index (χ2n) is 0. The number of hydrogen-bond donors (Lipinski definition) is 0. The van der Waals surface area contributed by atoms with Crippen LogP contribution >= 0.6 is 0 Å². The molecule has 0 radical (unpaired) electrons. The van der Waals surface area contributed by atoms with Crippen molar-refractivity contribution in [2.45, 2.75) is 0 Å². The fourth-order valence-corrected chi connectivity index (χ4v) is 0. The van der Waals surface area contributed by atoms with Crippen molar-refractivity contribution >= 4 is 8.12 Å². The summed E-state index contributed by atoms with van der Waals surface area (Å²) in [7, 11) is 0.500. The van der Waals surface area contributed by atoms with E-state index in [2.05, 4.69) is 0 Å². The Kier molecular flexibility index (Phi) is 86.1. The Bertz CT molecular complexity index is 8.00. The Morgan fingerprint density at radius 2 is 1.25 bits per heavy atom. The fraction of sp³-hybridized carbons (Fsp3) is 0. The SMILES string of the molecule is BF.[Cl-].[K+]. The summed E-state index contributed by atoms with van der Waals surface area (Å²) in [6, 6.07) is 0. The molecule has 4 heavy (non-hydrogen) atoms. The van der Waals surface area contributed by atoms with E-state index in [4.69, 9.17) is 0 Å². The molecule has 0 atom stereocenters. The smallest absolute Gasteiger partial charge is 1.00 e. The summed E-state index contributed by atoms with van der Waals surface area (Å²) >= 11 is 0. The minimum absolute atomic E-state index is 0. The average Bonchev–Trinajstić information content (AvgIpc) is 1.00. The van der Waals surface area contributed by atoms with E-state index in [0.717, 1.165) is 0 Å². The van der Waals surface area contributed by atoms with Gasteiger partial charge in [-0.3, -0.25) is 0 Å². The van der Waals surface area contributed by atoms with Gasteiger partial charge in [0.2, 0.25) is 0 Å². The predicted octanol–water partition coefficient (Wildman–Crippen LogP) is -6.49. The molecule has 0 bridgehead atoms. The van der Waals surface area contributed by atoms with E-state index < -0.39 is 0 Å². The molecule has 4 heteroatoms. The van der Waals surface area contributed by atoms with Crippen LogP contribution in [0.25, 0.3) is 0 Å². The van der Waals surface area contributed by atoms with Gasteiger partial charge < -0.3 is 16.7 Å². The maximum absolute atomic E-state index is 9.50. The summed E-state index contributed by atoms with van der Waals surface area (Å²) in [5.74, 6) is 0. The van der Waals surface area contributed by atoms with Gasteiger partial charge in [-0.25, -0.2) is 0 Å². The van der Waals surface area contributed by atoms with Crippen molar-refractivity contribution in [3.8, 4) is 0 Å². The number of rotatable bonds is 0. The van der Waals surface area contributed by atoms with Gasteiger partial charge in [0, 0.05) is 0 Å². The number of halogens is 2. The third kappa shape index (κ3) is 9.07. The Morgan fingerprint density at radius 3 is 1.25 bits per heavy atom. The van der Waals surface area contributed by atoms with Crippen molar-refractivity contribution in [3.63, 3.8) is 0 Å². The van der Waals surface area contributed by atoms with Crippen LogP contribution in [0.2, 0.25) is 0 Å². The minimum atomic E-state index is 0. The Hall–Kier alpha value is 1.92. The Morgan fingerprint density at radius 1 is 1.25 bits per heavy atom. The summed E-state index contributed by atoms with van der Waals surface area (Å²) < 4.78 is 9.50. The molecule has 0 N–H and O–H groups in total. The van der Waals surface area contributed by atoms with Crippen LogP contribution < -0.4 is 63.8 Å². The van der Waals surface area contributed by atoms with Crippen LogP contribution in [0.3, 0.4) is 0 Å². The molecule has 0 aromatic carbocycles. The van der Waals surface area contributed by atoms with Crippen molar-refractivity contribution in [2.75, 3.05) is 0 Å². The Balaban J connectivity index is -0.00000000500. The van der Waals surface area contributed by atoms with Crippen LogP contribution in [0.15, 0.2) is 0 Å². The van der Waals surface area contributed by atoms with Gasteiger partial charge in [0.05, 0.1) is 0 Å². The molecule has 0 aliphatic rings. The van der Waals surface area contributed by atoms with Gasteiger partial charge in [-0.2, -0.15) is 0 Å². The quantitative estimate of drug-likeness (QED) is 0.270. The van der Waals surface area contributed by atoms with E-state index >= 15 is 0 Å². The first-order valence-corrected chi connectivity index (χ1v) is 0.378. The van der Waals surface area contributed by atoms with Gasteiger partial charge in [-0.05, 0) is 0 Å². The summed E-state index contributed by atoms with van der Waals surface area (Å²) in [6.45, 7) is 0. The fourth-order valence-electron chi connectivity index (χ4n) is 0. The molecule has 0 aromatic rings. The van der Waals surface area contributed by atoms with Gasteiger partial charge >= 0.3 is 59.5 Å². The van der Waals surface area contributed by atoms with Crippen molar-refractivity contribution in [3.05, 3.63) is 0 Å². The molecule has 0 nitrogen and oxygen atoms in total. The first kappa shape index (κ1) is 16.8. The monoisotopic (exact) mass is 106 g/mol. The van der Waals surface area contributed by atoms with E-state index in [1.807, 2.05) is 0 Å². The predicted molar refractivity (Wildman–Crippen MR) is 9.65 cm³/mol. The van der Waals surface area contributed by atoms with Gasteiger partial charge in [-0.15, -0.1) is 0 Å². The molecule has 0 heterocycles. The third-order valence-corrected chi connectivity index (χ3v) is 0. The molecule has 20 valence electrons. The van der Waals surface area contributed by atoms with Gasteiger partial charge in [-0.1, -0.05) is 0 Å². The van der Waals surface area contributed by atoms with Gasteiger partial charge in [0.25, 0.3) is 0 Å². The van der Waals surface area contributed by atoms with Crippen molar-refractivity contribution in [2.24, 2.45) is 0 Å². The average molecular weight is 106 g/mol. The maximum Gasteiger partial charge on any atom is 1.00 e. The van der Waals surface area contributed by atoms with E-state index in [1.165, 1.54) is 0 Å². The van der Waals surface area contributed by atoms with Crippen LogP contribution in [0, 0.1) is 0 Å². The summed E-state index contributed by atoms with van der Waals surface area (Å²) in [5.41, 5.74) is 0. The molecule has 0 unspecified atom stereocenters. The zero-order valence-electron chi connectivity index (χ0n) is 2.76. The first-order chi connectivity index (χ1) is 1.00. The van der Waals surface area contributed by atoms with Crippen LogP contribution in [0.1, 0.15) is 0 Å². The van der Waals surface area contributed by atoms with Gasteiger partial charge in [0.15, 0.2) is 0 Å². The first-order valence-electron chi connectivity index (χ1n) is 0.378.